The molecule has 1 unspecified atom stereocenters. The number of rotatable bonds is 1. The van der Waals surface area contributed by atoms with Gasteiger partial charge in [-0.05, 0) is 13.3 Å². The fraction of sp³-hybridized carbons (Fsp3) is 1.00. The molecule has 0 aromatic heterocycles. The van der Waals surface area contributed by atoms with E-state index in [0.717, 1.165) is 6.42 Å². The number of alkyl halides is 1. The zero-order chi connectivity index (χ0) is 6.85. The third-order valence-electron chi connectivity index (χ3n) is 1.55. The fourth-order valence-electron chi connectivity index (χ4n) is 1.07. The van der Waals surface area contributed by atoms with Crippen LogP contribution in [0, 0.1) is 0 Å². The molecule has 1 N–H and O–H groups in total. The van der Waals surface area contributed by atoms with E-state index in [1.54, 1.807) is 0 Å². The Kier molecular flexibility index (Phi) is 2.50. The molecular weight excluding hydrogens is 184 g/mol. The third-order valence-corrected chi connectivity index (χ3v) is 2.51. The molecule has 0 amide bonds. The van der Waals surface area contributed by atoms with Crippen LogP contribution in [0.4, 0.5) is 0 Å². The lowest BCUT2D eigenvalue weighted by atomic mass is 10.2. The maximum atomic E-state index is 8.70. The van der Waals surface area contributed by atoms with Gasteiger partial charge in [0.25, 0.3) is 0 Å². The topological polar surface area (TPSA) is 29.5 Å². The third kappa shape index (κ3) is 1.66. The molecule has 0 aromatic rings. The summed E-state index contributed by atoms with van der Waals surface area (Å²) in [6.07, 6.45) is 1.32. The van der Waals surface area contributed by atoms with Crippen molar-refractivity contribution in [2.24, 2.45) is 0 Å². The second kappa shape index (κ2) is 2.99. The summed E-state index contributed by atoms with van der Waals surface area (Å²) in [5.41, 5.74) is 0. The second-order valence-corrected chi connectivity index (χ2v) is 3.60. The second-order valence-electron chi connectivity index (χ2n) is 2.42. The number of hydrogen-bond donors (Lipinski definition) is 1. The summed E-state index contributed by atoms with van der Waals surface area (Å²) < 4.78 is 5.33. The van der Waals surface area contributed by atoms with E-state index in [1.165, 1.54) is 0 Å². The van der Waals surface area contributed by atoms with Crippen LogP contribution in [-0.4, -0.2) is 28.7 Å². The van der Waals surface area contributed by atoms with Gasteiger partial charge >= 0.3 is 0 Å². The van der Waals surface area contributed by atoms with Gasteiger partial charge in [-0.1, -0.05) is 15.9 Å². The number of aliphatic hydroxyl groups is 1. The predicted molar refractivity (Wildman–Crippen MR) is 38.8 cm³/mol. The average molecular weight is 195 g/mol. The first kappa shape index (κ1) is 7.51. The predicted octanol–water partition coefficient (Wildman–Crippen LogP) is 0.920. The van der Waals surface area contributed by atoms with Gasteiger partial charge in [0.2, 0.25) is 0 Å². The molecule has 0 bridgehead atoms. The Morgan fingerprint density at radius 2 is 2.44 bits per heavy atom. The lowest BCUT2D eigenvalue weighted by Crippen LogP contribution is -2.19. The Labute approximate surface area is 63.3 Å². The SMILES string of the molecule is C[C@H]1C[C@H](Br)C(CO)O1. The van der Waals surface area contributed by atoms with E-state index < -0.39 is 0 Å². The minimum Gasteiger partial charge on any atom is -0.394 e. The van der Waals surface area contributed by atoms with Crippen molar-refractivity contribution in [1.29, 1.82) is 0 Å². The number of halogens is 1. The molecular formula is C6H11BrO2. The van der Waals surface area contributed by atoms with Gasteiger partial charge in [0.05, 0.1) is 18.8 Å². The van der Waals surface area contributed by atoms with Crippen LogP contribution in [0.15, 0.2) is 0 Å². The number of hydrogen-bond acceptors (Lipinski definition) is 2. The van der Waals surface area contributed by atoms with Gasteiger partial charge in [-0.3, -0.25) is 0 Å². The highest BCUT2D eigenvalue weighted by atomic mass is 79.9. The van der Waals surface area contributed by atoms with Gasteiger partial charge in [-0.25, -0.2) is 0 Å². The van der Waals surface area contributed by atoms with Crippen LogP contribution in [0.25, 0.3) is 0 Å². The average Bonchev–Trinajstić information content (AvgIpc) is 2.10. The summed E-state index contributed by atoms with van der Waals surface area (Å²) in [7, 11) is 0. The van der Waals surface area contributed by atoms with Crippen LogP contribution >= 0.6 is 15.9 Å². The normalized spacial score (nSPS) is 43.7. The largest absolute Gasteiger partial charge is 0.394 e. The summed E-state index contributed by atoms with van der Waals surface area (Å²) >= 11 is 3.42. The molecule has 1 fully saturated rings. The molecule has 54 valence electrons. The van der Waals surface area contributed by atoms with E-state index in [0.29, 0.717) is 10.9 Å². The number of ether oxygens (including phenoxy) is 1. The molecule has 0 spiro atoms. The molecule has 3 atom stereocenters. The monoisotopic (exact) mass is 194 g/mol. The van der Waals surface area contributed by atoms with E-state index in [2.05, 4.69) is 15.9 Å². The first-order valence-corrected chi connectivity index (χ1v) is 4.06. The van der Waals surface area contributed by atoms with E-state index in [9.17, 15) is 0 Å². The van der Waals surface area contributed by atoms with Crippen LogP contribution in [0.3, 0.4) is 0 Å². The lowest BCUT2D eigenvalue weighted by Gasteiger charge is -2.08. The van der Waals surface area contributed by atoms with Crippen molar-refractivity contribution < 1.29 is 9.84 Å². The molecule has 0 aromatic carbocycles. The maximum Gasteiger partial charge on any atom is 0.0934 e. The van der Waals surface area contributed by atoms with Gasteiger partial charge < -0.3 is 9.84 Å². The van der Waals surface area contributed by atoms with Crippen LogP contribution in [0.5, 0.6) is 0 Å². The molecule has 0 radical (unpaired) electrons. The van der Waals surface area contributed by atoms with E-state index >= 15 is 0 Å². The highest BCUT2D eigenvalue weighted by molar-refractivity contribution is 9.09. The van der Waals surface area contributed by atoms with Gasteiger partial charge in [0.1, 0.15) is 0 Å². The Hall–Kier alpha value is 0.400. The maximum absolute atomic E-state index is 8.70. The lowest BCUT2D eigenvalue weighted by molar-refractivity contribution is 0.0216. The van der Waals surface area contributed by atoms with Crippen molar-refractivity contribution in [2.45, 2.75) is 30.4 Å². The van der Waals surface area contributed by atoms with Crippen molar-refractivity contribution in [3.63, 3.8) is 0 Å². The first-order valence-electron chi connectivity index (χ1n) is 3.14. The van der Waals surface area contributed by atoms with Crippen molar-refractivity contribution >= 4 is 15.9 Å². The zero-order valence-electron chi connectivity index (χ0n) is 5.38. The minimum atomic E-state index is 0.0139. The fourth-order valence-corrected chi connectivity index (χ4v) is 1.88. The standard InChI is InChI=1S/C6H11BrO2/c1-4-2-5(7)6(3-8)9-4/h4-6,8H,2-3H2,1H3/t4-,5-,6?/m0/s1. The molecule has 0 aliphatic carbocycles. The van der Waals surface area contributed by atoms with Gasteiger partial charge in [0.15, 0.2) is 0 Å². The zero-order valence-corrected chi connectivity index (χ0v) is 6.97. The van der Waals surface area contributed by atoms with E-state index in [4.69, 9.17) is 9.84 Å². The molecule has 1 rings (SSSR count). The van der Waals surface area contributed by atoms with E-state index in [-0.39, 0.29) is 12.7 Å². The minimum absolute atomic E-state index is 0.0139. The van der Waals surface area contributed by atoms with Crippen molar-refractivity contribution in [3.05, 3.63) is 0 Å². The summed E-state index contributed by atoms with van der Waals surface area (Å²) in [4.78, 5) is 0.345. The molecule has 1 saturated heterocycles. The van der Waals surface area contributed by atoms with Gasteiger partial charge in [0, 0.05) is 4.83 Å². The van der Waals surface area contributed by atoms with Crippen LogP contribution in [0.2, 0.25) is 0 Å². The number of aliphatic hydroxyl groups excluding tert-OH is 1. The molecule has 3 heteroatoms. The summed E-state index contributed by atoms with van der Waals surface area (Å²) in [5.74, 6) is 0. The first-order chi connectivity index (χ1) is 4.24. The molecule has 1 heterocycles. The Morgan fingerprint density at radius 1 is 1.78 bits per heavy atom. The quantitative estimate of drug-likeness (QED) is 0.630. The Balaban J connectivity index is 2.38. The van der Waals surface area contributed by atoms with Crippen LogP contribution in [0.1, 0.15) is 13.3 Å². The van der Waals surface area contributed by atoms with Crippen molar-refractivity contribution in [2.75, 3.05) is 6.61 Å². The molecule has 9 heavy (non-hydrogen) atoms. The molecule has 2 nitrogen and oxygen atoms in total. The van der Waals surface area contributed by atoms with Crippen molar-refractivity contribution in [1.82, 2.24) is 0 Å². The molecule has 0 saturated carbocycles. The highest BCUT2D eigenvalue weighted by Gasteiger charge is 2.29. The van der Waals surface area contributed by atoms with Crippen LogP contribution in [-0.2, 0) is 4.74 Å². The molecule has 1 aliphatic rings. The van der Waals surface area contributed by atoms with Crippen LogP contribution < -0.4 is 0 Å². The summed E-state index contributed by atoms with van der Waals surface area (Å²) in [5, 5.41) is 8.70. The Bertz CT molecular complexity index is 97.1. The van der Waals surface area contributed by atoms with Gasteiger partial charge in [-0.15, -0.1) is 0 Å². The van der Waals surface area contributed by atoms with E-state index in [1.807, 2.05) is 6.92 Å². The smallest absolute Gasteiger partial charge is 0.0934 e. The molecule has 1 aliphatic heterocycles. The van der Waals surface area contributed by atoms with Crippen molar-refractivity contribution in [3.8, 4) is 0 Å². The summed E-state index contributed by atoms with van der Waals surface area (Å²) in [6.45, 7) is 2.14. The Morgan fingerprint density at radius 3 is 2.67 bits per heavy atom. The highest BCUT2D eigenvalue weighted by Crippen LogP contribution is 2.25. The summed E-state index contributed by atoms with van der Waals surface area (Å²) in [6, 6.07) is 0. The van der Waals surface area contributed by atoms with Gasteiger partial charge in [-0.2, -0.15) is 0 Å².